The Morgan fingerprint density at radius 1 is 1.28 bits per heavy atom. The van der Waals surface area contributed by atoms with E-state index in [1.54, 1.807) is 11.0 Å². The number of alkyl halides is 3. The van der Waals surface area contributed by atoms with Crippen LogP contribution in [-0.4, -0.2) is 42.0 Å². The maximum Gasteiger partial charge on any atom is 0.416 e. The summed E-state index contributed by atoms with van der Waals surface area (Å²) in [6, 6.07) is 4.90. The van der Waals surface area contributed by atoms with Crippen LogP contribution < -0.4 is 10.6 Å². The number of halogens is 3. The summed E-state index contributed by atoms with van der Waals surface area (Å²) in [6.07, 6.45) is -0.361. The molecule has 2 heterocycles. The SMILES string of the molecule is CCCCC(N)c1nc(C(=O)N2CCN(c3cccc(C(F)(F)F)c3)CC2)co1. The summed E-state index contributed by atoms with van der Waals surface area (Å²) in [4.78, 5) is 20.4. The molecule has 9 heteroatoms. The highest BCUT2D eigenvalue weighted by molar-refractivity contribution is 5.92. The smallest absolute Gasteiger partial charge is 0.416 e. The molecule has 0 spiro atoms. The van der Waals surface area contributed by atoms with Crippen LogP contribution in [0, 0.1) is 0 Å². The van der Waals surface area contributed by atoms with Crippen molar-refractivity contribution in [2.24, 2.45) is 5.73 Å². The number of hydrogen-bond acceptors (Lipinski definition) is 5. The molecule has 0 aliphatic carbocycles. The molecule has 1 amide bonds. The van der Waals surface area contributed by atoms with Gasteiger partial charge in [-0.15, -0.1) is 0 Å². The maximum atomic E-state index is 12.9. The topological polar surface area (TPSA) is 75.6 Å². The normalized spacial score (nSPS) is 16.2. The fraction of sp³-hybridized carbons (Fsp3) is 0.500. The number of benzene rings is 1. The van der Waals surface area contributed by atoms with Crippen molar-refractivity contribution >= 4 is 11.6 Å². The van der Waals surface area contributed by atoms with Crippen molar-refractivity contribution in [1.29, 1.82) is 0 Å². The number of oxazole rings is 1. The number of amides is 1. The molecule has 0 radical (unpaired) electrons. The van der Waals surface area contributed by atoms with E-state index in [0.29, 0.717) is 37.8 Å². The van der Waals surface area contributed by atoms with Crippen molar-refractivity contribution < 1.29 is 22.4 Å². The predicted octanol–water partition coefficient (Wildman–Crippen LogP) is 3.85. The van der Waals surface area contributed by atoms with Crippen molar-refractivity contribution in [3.63, 3.8) is 0 Å². The van der Waals surface area contributed by atoms with E-state index >= 15 is 0 Å². The largest absolute Gasteiger partial charge is 0.446 e. The first-order chi connectivity index (χ1) is 13.8. The van der Waals surface area contributed by atoms with Gasteiger partial charge in [-0.25, -0.2) is 4.98 Å². The number of carbonyl (C=O) groups excluding carboxylic acids is 1. The molecule has 1 aliphatic rings. The first-order valence-electron chi connectivity index (χ1n) is 9.72. The highest BCUT2D eigenvalue weighted by atomic mass is 19.4. The minimum Gasteiger partial charge on any atom is -0.446 e. The molecule has 1 unspecified atom stereocenters. The lowest BCUT2D eigenvalue weighted by molar-refractivity contribution is -0.137. The van der Waals surface area contributed by atoms with Crippen LogP contribution in [0.4, 0.5) is 18.9 Å². The first-order valence-corrected chi connectivity index (χ1v) is 9.72. The molecule has 3 rings (SSSR count). The summed E-state index contributed by atoms with van der Waals surface area (Å²) in [5.74, 6) is 0.0933. The molecule has 1 aromatic carbocycles. The number of hydrogen-bond donors (Lipinski definition) is 1. The van der Waals surface area contributed by atoms with Gasteiger partial charge in [-0.3, -0.25) is 4.79 Å². The van der Waals surface area contributed by atoms with Crippen LogP contribution in [0.25, 0.3) is 0 Å². The van der Waals surface area contributed by atoms with Gasteiger partial charge in [0.2, 0.25) is 5.89 Å². The Kier molecular flexibility index (Phi) is 6.46. The van der Waals surface area contributed by atoms with Gasteiger partial charge < -0.3 is 20.0 Å². The Balaban J connectivity index is 1.60. The van der Waals surface area contributed by atoms with Gasteiger partial charge in [0.15, 0.2) is 5.69 Å². The van der Waals surface area contributed by atoms with Crippen LogP contribution in [0.3, 0.4) is 0 Å². The van der Waals surface area contributed by atoms with E-state index in [4.69, 9.17) is 10.2 Å². The zero-order valence-corrected chi connectivity index (χ0v) is 16.3. The molecule has 1 aromatic heterocycles. The Morgan fingerprint density at radius 3 is 2.66 bits per heavy atom. The van der Waals surface area contributed by atoms with Crippen LogP contribution in [0.2, 0.25) is 0 Å². The molecule has 6 nitrogen and oxygen atoms in total. The molecule has 29 heavy (non-hydrogen) atoms. The van der Waals surface area contributed by atoms with Gasteiger partial charge >= 0.3 is 6.18 Å². The molecule has 1 aliphatic heterocycles. The van der Waals surface area contributed by atoms with Crippen molar-refractivity contribution in [3.05, 3.63) is 47.7 Å². The molecule has 0 bridgehead atoms. The summed E-state index contributed by atoms with van der Waals surface area (Å²) >= 11 is 0. The van der Waals surface area contributed by atoms with Gasteiger partial charge in [0.05, 0.1) is 11.6 Å². The monoisotopic (exact) mass is 410 g/mol. The van der Waals surface area contributed by atoms with Crippen LogP contribution in [0.15, 0.2) is 34.9 Å². The number of aromatic nitrogens is 1. The molecular formula is C20H25F3N4O2. The molecule has 0 saturated carbocycles. The number of unbranched alkanes of at least 4 members (excludes halogenated alkanes) is 1. The average molecular weight is 410 g/mol. The highest BCUT2D eigenvalue weighted by Crippen LogP contribution is 2.32. The van der Waals surface area contributed by atoms with Crippen molar-refractivity contribution in [3.8, 4) is 0 Å². The molecule has 1 atom stereocenters. The van der Waals surface area contributed by atoms with E-state index in [0.717, 1.165) is 31.4 Å². The molecule has 1 saturated heterocycles. The number of nitrogens with two attached hydrogens (primary N) is 1. The molecule has 1 fully saturated rings. The van der Waals surface area contributed by atoms with E-state index in [9.17, 15) is 18.0 Å². The minimum atomic E-state index is -4.38. The fourth-order valence-electron chi connectivity index (χ4n) is 3.31. The van der Waals surface area contributed by atoms with E-state index in [2.05, 4.69) is 11.9 Å². The predicted molar refractivity (Wildman–Crippen MR) is 103 cm³/mol. The van der Waals surface area contributed by atoms with Crippen LogP contribution in [-0.2, 0) is 6.18 Å². The van der Waals surface area contributed by atoms with Crippen molar-refractivity contribution in [2.75, 3.05) is 31.1 Å². The Labute approximate surface area is 167 Å². The van der Waals surface area contributed by atoms with Gasteiger partial charge in [0.1, 0.15) is 6.26 Å². The molecule has 2 aromatic rings. The van der Waals surface area contributed by atoms with Crippen LogP contribution in [0.5, 0.6) is 0 Å². The summed E-state index contributed by atoms with van der Waals surface area (Å²) in [6.45, 7) is 3.72. The first kappa shape index (κ1) is 21.2. The maximum absolute atomic E-state index is 12.9. The molecule has 158 valence electrons. The van der Waals surface area contributed by atoms with Gasteiger partial charge in [-0.2, -0.15) is 13.2 Å². The van der Waals surface area contributed by atoms with Crippen molar-refractivity contribution in [1.82, 2.24) is 9.88 Å². The van der Waals surface area contributed by atoms with Crippen LogP contribution >= 0.6 is 0 Å². The van der Waals surface area contributed by atoms with E-state index < -0.39 is 11.7 Å². The van der Waals surface area contributed by atoms with E-state index in [-0.39, 0.29) is 17.6 Å². The average Bonchev–Trinajstić information content (AvgIpc) is 3.21. The fourth-order valence-corrected chi connectivity index (χ4v) is 3.31. The summed E-state index contributed by atoms with van der Waals surface area (Å²) < 4.78 is 44.1. The Bertz CT molecular complexity index is 829. The summed E-state index contributed by atoms with van der Waals surface area (Å²) in [7, 11) is 0. The standard InChI is InChI=1S/C20H25F3N4O2/c1-2-3-7-16(24)18-25-17(13-29-18)19(28)27-10-8-26(9-11-27)15-6-4-5-14(12-15)20(21,22)23/h4-6,12-13,16H,2-3,7-11,24H2,1H3. The second-order valence-corrected chi connectivity index (χ2v) is 7.15. The lowest BCUT2D eigenvalue weighted by Gasteiger charge is -2.36. The summed E-state index contributed by atoms with van der Waals surface area (Å²) in [5.41, 5.74) is 6.06. The zero-order chi connectivity index (χ0) is 21.0. The molecule has 2 N–H and O–H groups in total. The lowest BCUT2D eigenvalue weighted by atomic mass is 10.1. The third-order valence-electron chi connectivity index (χ3n) is 5.03. The zero-order valence-electron chi connectivity index (χ0n) is 16.3. The molecular weight excluding hydrogens is 385 g/mol. The number of nitrogens with zero attached hydrogens (tertiary/aromatic N) is 3. The lowest BCUT2D eigenvalue weighted by Crippen LogP contribution is -2.49. The van der Waals surface area contributed by atoms with Gasteiger partial charge in [-0.1, -0.05) is 25.8 Å². The second kappa shape index (κ2) is 8.86. The highest BCUT2D eigenvalue weighted by Gasteiger charge is 2.31. The summed E-state index contributed by atoms with van der Waals surface area (Å²) in [5, 5.41) is 0. The Hall–Kier alpha value is -2.55. The quantitative estimate of drug-likeness (QED) is 0.783. The van der Waals surface area contributed by atoms with Crippen LogP contribution in [0.1, 0.15) is 54.2 Å². The van der Waals surface area contributed by atoms with Gasteiger partial charge in [0, 0.05) is 31.9 Å². The van der Waals surface area contributed by atoms with Crippen molar-refractivity contribution in [2.45, 2.75) is 38.4 Å². The number of rotatable bonds is 6. The number of carbonyl (C=O) groups is 1. The third kappa shape index (κ3) is 5.09. The number of anilines is 1. The second-order valence-electron chi connectivity index (χ2n) is 7.15. The number of piperazine rings is 1. The van der Waals surface area contributed by atoms with E-state index in [1.807, 2.05) is 4.90 Å². The van der Waals surface area contributed by atoms with Gasteiger partial charge in [0.25, 0.3) is 5.91 Å². The van der Waals surface area contributed by atoms with E-state index in [1.165, 1.54) is 12.3 Å². The third-order valence-corrected chi connectivity index (χ3v) is 5.03. The minimum absolute atomic E-state index is 0.208. The van der Waals surface area contributed by atoms with Gasteiger partial charge in [-0.05, 0) is 24.6 Å². The Morgan fingerprint density at radius 2 is 2.00 bits per heavy atom.